The Kier molecular flexibility index (Phi) is 4.06. The molecule has 0 radical (unpaired) electrons. The SMILES string of the molecule is CC(C)Cn1ncnc1CC(O)C1CCc2ccccc21. The standard InChI is InChI=1S/C17H23N3O/c1-12(2)10-20-17(18-11-19-20)9-16(21)15-8-7-13-5-3-4-6-14(13)15/h3-6,11-12,15-16,21H,7-10H2,1-2H3. The maximum absolute atomic E-state index is 10.6. The lowest BCUT2D eigenvalue weighted by Crippen LogP contribution is -2.22. The van der Waals surface area contributed by atoms with Crippen molar-refractivity contribution in [3.63, 3.8) is 0 Å². The maximum atomic E-state index is 10.6. The van der Waals surface area contributed by atoms with Gasteiger partial charge in [-0.05, 0) is 29.9 Å². The van der Waals surface area contributed by atoms with E-state index in [2.05, 4.69) is 48.2 Å². The van der Waals surface area contributed by atoms with E-state index in [0.29, 0.717) is 12.3 Å². The van der Waals surface area contributed by atoms with Gasteiger partial charge in [-0.2, -0.15) is 5.10 Å². The molecule has 1 heterocycles. The summed E-state index contributed by atoms with van der Waals surface area (Å²) in [4.78, 5) is 4.33. The van der Waals surface area contributed by atoms with Gasteiger partial charge in [-0.3, -0.25) is 0 Å². The van der Waals surface area contributed by atoms with Crippen LogP contribution < -0.4 is 0 Å². The van der Waals surface area contributed by atoms with Gasteiger partial charge < -0.3 is 5.11 Å². The molecule has 0 aliphatic heterocycles. The number of benzene rings is 1. The topological polar surface area (TPSA) is 50.9 Å². The quantitative estimate of drug-likeness (QED) is 0.918. The van der Waals surface area contributed by atoms with Gasteiger partial charge in [0.25, 0.3) is 0 Å². The zero-order valence-electron chi connectivity index (χ0n) is 12.7. The Morgan fingerprint density at radius 2 is 2.14 bits per heavy atom. The number of nitrogens with zero attached hydrogens (tertiary/aromatic N) is 3. The second-order valence-corrected chi connectivity index (χ2v) is 6.37. The molecule has 4 nitrogen and oxygen atoms in total. The molecular formula is C17H23N3O. The van der Waals surface area contributed by atoms with Crippen LogP contribution in [0.25, 0.3) is 0 Å². The van der Waals surface area contributed by atoms with Crippen LogP contribution in [-0.4, -0.2) is 26.0 Å². The van der Waals surface area contributed by atoms with E-state index in [0.717, 1.165) is 25.2 Å². The molecule has 3 rings (SSSR count). The van der Waals surface area contributed by atoms with Gasteiger partial charge in [0, 0.05) is 18.9 Å². The molecule has 1 N–H and O–H groups in total. The average molecular weight is 285 g/mol. The molecule has 2 atom stereocenters. The van der Waals surface area contributed by atoms with Crippen LogP contribution in [0.3, 0.4) is 0 Å². The van der Waals surface area contributed by atoms with E-state index in [9.17, 15) is 5.11 Å². The molecule has 0 fully saturated rings. The molecule has 1 aromatic carbocycles. The zero-order valence-corrected chi connectivity index (χ0v) is 12.7. The molecule has 1 aliphatic carbocycles. The van der Waals surface area contributed by atoms with E-state index >= 15 is 0 Å². The van der Waals surface area contributed by atoms with Crippen LogP contribution in [-0.2, 0) is 19.4 Å². The number of aliphatic hydroxyl groups is 1. The number of aryl methyl sites for hydroxylation is 1. The second-order valence-electron chi connectivity index (χ2n) is 6.37. The first-order valence-electron chi connectivity index (χ1n) is 7.77. The monoisotopic (exact) mass is 285 g/mol. The molecule has 1 aromatic heterocycles. The molecule has 4 heteroatoms. The van der Waals surface area contributed by atoms with Gasteiger partial charge in [0.1, 0.15) is 12.2 Å². The normalized spacial score (nSPS) is 19.0. The van der Waals surface area contributed by atoms with Gasteiger partial charge in [-0.1, -0.05) is 38.1 Å². The van der Waals surface area contributed by atoms with Crippen LogP contribution in [0.1, 0.15) is 43.1 Å². The number of aromatic nitrogens is 3. The number of aliphatic hydroxyl groups excluding tert-OH is 1. The fraction of sp³-hybridized carbons (Fsp3) is 0.529. The average Bonchev–Trinajstić information content (AvgIpc) is 3.05. The molecule has 0 saturated heterocycles. The molecule has 0 saturated carbocycles. The molecule has 2 unspecified atom stereocenters. The fourth-order valence-electron chi connectivity index (χ4n) is 3.26. The van der Waals surface area contributed by atoms with Gasteiger partial charge in [0.15, 0.2) is 0 Å². The third-order valence-corrected chi connectivity index (χ3v) is 4.27. The van der Waals surface area contributed by atoms with Crippen LogP contribution in [0.4, 0.5) is 0 Å². The Morgan fingerprint density at radius 1 is 1.33 bits per heavy atom. The van der Waals surface area contributed by atoms with E-state index < -0.39 is 0 Å². The summed E-state index contributed by atoms with van der Waals surface area (Å²) in [5.74, 6) is 1.64. The number of rotatable bonds is 5. The minimum Gasteiger partial charge on any atom is -0.392 e. The number of hydrogen-bond acceptors (Lipinski definition) is 3. The lowest BCUT2D eigenvalue weighted by Gasteiger charge is -2.19. The summed E-state index contributed by atoms with van der Waals surface area (Å²) in [6.45, 7) is 5.17. The molecule has 0 spiro atoms. The Morgan fingerprint density at radius 3 is 2.95 bits per heavy atom. The summed E-state index contributed by atoms with van der Waals surface area (Å²) in [6, 6.07) is 8.45. The highest BCUT2D eigenvalue weighted by molar-refractivity contribution is 5.35. The lowest BCUT2D eigenvalue weighted by molar-refractivity contribution is 0.139. The molecule has 2 aromatic rings. The number of hydrogen-bond donors (Lipinski definition) is 1. The van der Waals surface area contributed by atoms with E-state index in [1.807, 2.05) is 4.68 Å². The Balaban J connectivity index is 1.73. The maximum Gasteiger partial charge on any atom is 0.138 e. The van der Waals surface area contributed by atoms with Crippen molar-refractivity contribution in [3.8, 4) is 0 Å². The minimum atomic E-state index is -0.385. The molecule has 21 heavy (non-hydrogen) atoms. The molecule has 0 amide bonds. The van der Waals surface area contributed by atoms with Crippen LogP contribution in [0.5, 0.6) is 0 Å². The summed E-state index contributed by atoms with van der Waals surface area (Å²) in [6.07, 6.45) is 3.87. The fourth-order valence-corrected chi connectivity index (χ4v) is 3.26. The van der Waals surface area contributed by atoms with Gasteiger partial charge in [0.2, 0.25) is 0 Å². The van der Waals surface area contributed by atoms with Crippen LogP contribution in [0.2, 0.25) is 0 Å². The highest BCUT2D eigenvalue weighted by atomic mass is 16.3. The van der Waals surface area contributed by atoms with Crippen molar-refractivity contribution in [2.24, 2.45) is 5.92 Å². The van der Waals surface area contributed by atoms with Crippen molar-refractivity contribution in [1.29, 1.82) is 0 Å². The van der Waals surface area contributed by atoms with E-state index in [4.69, 9.17) is 0 Å². The minimum absolute atomic E-state index is 0.227. The highest BCUT2D eigenvalue weighted by Gasteiger charge is 2.29. The zero-order chi connectivity index (χ0) is 14.8. The number of fused-ring (bicyclic) bond motifs is 1. The van der Waals surface area contributed by atoms with E-state index in [1.54, 1.807) is 6.33 Å². The van der Waals surface area contributed by atoms with Gasteiger partial charge >= 0.3 is 0 Å². The largest absolute Gasteiger partial charge is 0.392 e. The Bertz CT molecular complexity index is 606. The van der Waals surface area contributed by atoms with Crippen LogP contribution in [0, 0.1) is 5.92 Å². The Labute approximate surface area is 125 Å². The van der Waals surface area contributed by atoms with Crippen molar-refractivity contribution in [2.45, 2.75) is 51.7 Å². The molecular weight excluding hydrogens is 262 g/mol. The van der Waals surface area contributed by atoms with Crippen molar-refractivity contribution in [3.05, 3.63) is 47.5 Å². The summed E-state index contributed by atoms with van der Waals surface area (Å²) in [5, 5.41) is 14.9. The smallest absolute Gasteiger partial charge is 0.138 e. The van der Waals surface area contributed by atoms with E-state index in [-0.39, 0.29) is 12.0 Å². The van der Waals surface area contributed by atoms with Crippen LogP contribution >= 0.6 is 0 Å². The first kappa shape index (κ1) is 14.3. The van der Waals surface area contributed by atoms with Gasteiger partial charge in [-0.15, -0.1) is 0 Å². The van der Waals surface area contributed by atoms with Crippen molar-refractivity contribution in [2.75, 3.05) is 0 Å². The van der Waals surface area contributed by atoms with E-state index in [1.165, 1.54) is 11.1 Å². The molecule has 1 aliphatic rings. The molecule has 112 valence electrons. The lowest BCUT2D eigenvalue weighted by atomic mass is 9.93. The second kappa shape index (κ2) is 5.98. The molecule has 0 bridgehead atoms. The summed E-state index contributed by atoms with van der Waals surface area (Å²) in [5.41, 5.74) is 2.69. The predicted octanol–water partition coefficient (Wildman–Crippen LogP) is 2.57. The van der Waals surface area contributed by atoms with Crippen molar-refractivity contribution >= 4 is 0 Å². The Hall–Kier alpha value is -1.68. The summed E-state index contributed by atoms with van der Waals surface area (Å²) < 4.78 is 1.93. The van der Waals surface area contributed by atoms with Crippen LogP contribution in [0.15, 0.2) is 30.6 Å². The summed E-state index contributed by atoms with van der Waals surface area (Å²) in [7, 11) is 0. The predicted molar refractivity (Wildman–Crippen MR) is 82.1 cm³/mol. The first-order valence-corrected chi connectivity index (χ1v) is 7.77. The third kappa shape index (κ3) is 3.00. The third-order valence-electron chi connectivity index (χ3n) is 4.27. The van der Waals surface area contributed by atoms with Gasteiger partial charge in [-0.25, -0.2) is 9.67 Å². The summed E-state index contributed by atoms with van der Waals surface area (Å²) >= 11 is 0. The van der Waals surface area contributed by atoms with Crippen molar-refractivity contribution in [1.82, 2.24) is 14.8 Å². The van der Waals surface area contributed by atoms with Gasteiger partial charge in [0.05, 0.1) is 6.10 Å². The van der Waals surface area contributed by atoms with Crippen molar-refractivity contribution < 1.29 is 5.11 Å². The highest BCUT2D eigenvalue weighted by Crippen LogP contribution is 2.36. The first-order chi connectivity index (χ1) is 10.1.